The van der Waals surface area contributed by atoms with Crippen molar-refractivity contribution in [3.63, 3.8) is 0 Å². The Morgan fingerprint density at radius 3 is 2.57 bits per heavy atom. The van der Waals surface area contributed by atoms with E-state index in [0.717, 1.165) is 38.4 Å². The van der Waals surface area contributed by atoms with Gasteiger partial charge in [-0.15, -0.1) is 0 Å². The molecule has 1 aliphatic rings. The van der Waals surface area contributed by atoms with Gasteiger partial charge in [-0.1, -0.05) is 0 Å². The molecule has 2 rings (SSSR count). The van der Waals surface area contributed by atoms with Crippen LogP contribution in [0.3, 0.4) is 0 Å². The summed E-state index contributed by atoms with van der Waals surface area (Å²) in [5.74, 6) is 0.583. The van der Waals surface area contributed by atoms with Crippen LogP contribution >= 0.6 is 0 Å². The molecule has 6 nitrogen and oxygen atoms in total. The molecule has 0 radical (unpaired) electrons. The van der Waals surface area contributed by atoms with Crippen molar-refractivity contribution < 1.29 is 18.3 Å². The van der Waals surface area contributed by atoms with Crippen molar-refractivity contribution in [2.24, 2.45) is 5.92 Å². The highest BCUT2D eigenvalue weighted by Gasteiger charge is 2.33. The number of aromatic nitrogens is 2. The smallest absolute Gasteiger partial charge is 0.395 e. The molecule has 0 atom stereocenters. The van der Waals surface area contributed by atoms with Crippen LogP contribution in [0.2, 0.25) is 0 Å². The Morgan fingerprint density at radius 1 is 1.17 bits per heavy atom. The first-order chi connectivity index (χ1) is 11.0. The second-order valence-corrected chi connectivity index (χ2v) is 5.52. The lowest BCUT2D eigenvalue weighted by atomic mass is 9.95. The number of hydrogen-bond acceptors (Lipinski definition) is 6. The van der Waals surface area contributed by atoms with Crippen LogP contribution in [-0.4, -0.2) is 47.9 Å². The molecule has 0 bridgehead atoms. The van der Waals surface area contributed by atoms with Crippen LogP contribution in [0.5, 0.6) is 0 Å². The number of hydrogen-bond donors (Lipinski definition) is 4. The first-order valence-electron chi connectivity index (χ1n) is 7.74. The van der Waals surface area contributed by atoms with E-state index in [-0.39, 0.29) is 24.9 Å². The van der Waals surface area contributed by atoms with Gasteiger partial charge in [-0.2, -0.15) is 18.2 Å². The Labute approximate surface area is 132 Å². The molecule has 1 fully saturated rings. The van der Waals surface area contributed by atoms with Gasteiger partial charge < -0.3 is 21.1 Å². The van der Waals surface area contributed by atoms with Gasteiger partial charge in [0.1, 0.15) is 5.82 Å². The third kappa shape index (κ3) is 5.83. The van der Waals surface area contributed by atoms with Crippen LogP contribution in [0.25, 0.3) is 0 Å². The van der Waals surface area contributed by atoms with Crippen LogP contribution in [0.4, 0.5) is 24.9 Å². The highest BCUT2D eigenvalue weighted by atomic mass is 19.4. The molecule has 9 heteroatoms. The lowest BCUT2D eigenvalue weighted by molar-refractivity contribution is -0.141. The average Bonchev–Trinajstić information content (AvgIpc) is 2.53. The molecular formula is C14H22F3N5O. The maximum atomic E-state index is 12.9. The van der Waals surface area contributed by atoms with E-state index in [4.69, 9.17) is 5.11 Å². The summed E-state index contributed by atoms with van der Waals surface area (Å²) in [7, 11) is 0. The number of rotatable bonds is 7. The van der Waals surface area contributed by atoms with Gasteiger partial charge in [-0.25, -0.2) is 4.98 Å². The standard InChI is InChI=1S/C14H22F3N5O/c15-14(16,17)11-9-12(22-13(21-11)20-7-8-23)19-6-3-10-1-4-18-5-2-10/h9-10,18,23H,1-8H2,(H2,19,20,21,22). The molecule has 1 saturated heterocycles. The molecule has 1 aromatic heterocycles. The van der Waals surface area contributed by atoms with Crippen LogP contribution in [-0.2, 0) is 6.18 Å². The predicted octanol–water partition coefficient (Wildman–Crippen LogP) is 1.70. The summed E-state index contributed by atoms with van der Waals surface area (Å²) in [5, 5.41) is 17.5. The second-order valence-electron chi connectivity index (χ2n) is 5.52. The fraction of sp³-hybridized carbons (Fsp3) is 0.714. The minimum atomic E-state index is -4.54. The zero-order valence-electron chi connectivity index (χ0n) is 12.8. The van der Waals surface area contributed by atoms with Gasteiger partial charge in [0.25, 0.3) is 0 Å². The minimum absolute atomic E-state index is 0.0931. The molecule has 130 valence electrons. The van der Waals surface area contributed by atoms with Crippen molar-refractivity contribution in [3.8, 4) is 0 Å². The SMILES string of the molecule is OCCNc1nc(NCCC2CCNCC2)cc(C(F)(F)F)n1. The van der Waals surface area contributed by atoms with E-state index in [2.05, 4.69) is 25.9 Å². The number of aliphatic hydroxyl groups is 1. The van der Waals surface area contributed by atoms with Crippen molar-refractivity contribution in [1.82, 2.24) is 15.3 Å². The van der Waals surface area contributed by atoms with Gasteiger partial charge in [0.2, 0.25) is 5.95 Å². The van der Waals surface area contributed by atoms with E-state index in [9.17, 15) is 13.2 Å². The Bertz CT molecular complexity index is 492. The quantitative estimate of drug-likeness (QED) is 0.608. The Kier molecular flexibility index (Phi) is 6.40. The molecule has 0 unspecified atom stereocenters. The number of nitrogens with zero attached hydrogens (tertiary/aromatic N) is 2. The largest absolute Gasteiger partial charge is 0.433 e. The zero-order valence-corrected chi connectivity index (χ0v) is 12.8. The fourth-order valence-corrected chi connectivity index (χ4v) is 2.50. The average molecular weight is 333 g/mol. The number of piperidine rings is 1. The van der Waals surface area contributed by atoms with Gasteiger partial charge >= 0.3 is 6.18 Å². The lowest BCUT2D eigenvalue weighted by Crippen LogP contribution is -2.28. The van der Waals surface area contributed by atoms with E-state index >= 15 is 0 Å². The Morgan fingerprint density at radius 2 is 1.91 bits per heavy atom. The fourth-order valence-electron chi connectivity index (χ4n) is 2.50. The summed E-state index contributed by atoms with van der Waals surface area (Å²) in [6.07, 6.45) is -1.47. The first-order valence-corrected chi connectivity index (χ1v) is 7.74. The Balaban J connectivity index is 1.97. The molecule has 0 aliphatic carbocycles. The van der Waals surface area contributed by atoms with Gasteiger partial charge in [-0.3, -0.25) is 0 Å². The molecule has 23 heavy (non-hydrogen) atoms. The van der Waals surface area contributed by atoms with Crippen molar-refractivity contribution >= 4 is 11.8 Å². The predicted molar refractivity (Wildman–Crippen MR) is 81.3 cm³/mol. The topological polar surface area (TPSA) is 82.1 Å². The van der Waals surface area contributed by atoms with Gasteiger partial charge in [0.15, 0.2) is 5.69 Å². The van der Waals surface area contributed by atoms with E-state index in [0.29, 0.717) is 12.5 Å². The van der Waals surface area contributed by atoms with Gasteiger partial charge in [0.05, 0.1) is 6.61 Å². The van der Waals surface area contributed by atoms with Crippen molar-refractivity contribution in [2.45, 2.75) is 25.4 Å². The molecule has 0 aromatic carbocycles. The van der Waals surface area contributed by atoms with Crippen molar-refractivity contribution in [3.05, 3.63) is 11.8 Å². The number of halogens is 3. The van der Waals surface area contributed by atoms with Crippen molar-refractivity contribution in [1.29, 1.82) is 0 Å². The van der Waals surface area contributed by atoms with E-state index in [1.807, 2.05) is 0 Å². The van der Waals surface area contributed by atoms with Crippen LogP contribution in [0.1, 0.15) is 25.0 Å². The van der Waals surface area contributed by atoms with E-state index < -0.39 is 11.9 Å². The zero-order chi connectivity index (χ0) is 16.7. The molecule has 0 amide bonds. The summed E-state index contributed by atoms with van der Waals surface area (Å²) in [6, 6.07) is 0.909. The minimum Gasteiger partial charge on any atom is -0.395 e. The Hall–Kier alpha value is -1.61. The number of anilines is 2. The number of alkyl halides is 3. The summed E-state index contributed by atoms with van der Waals surface area (Å²) in [6.45, 7) is 2.43. The van der Waals surface area contributed by atoms with Crippen LogP contribution < -0.4 is 16.0 Å². The summed E-state index contributed by atoms with van der Waals surface area (Å²) in [5.41, 5.74) is -1.00. The highest BCUT2D eigenvalue weighted by Crippen LogP contribution is 2.29. The van der Waals surface area contributed by atoms with E-state index in [1.165, 1.54) is 0 Å². The van der Waals surface area contributed by atoms with Crippen molar-refractivity contribution in [2.75, 3.05) is 43.4 Å². The molecule has 1 aromatic rings. The summed E-state index contributed by atoms with van der Waals surface area (Å²) < 4.78 is 38.6. The van der Waals surface area contributed by atoms with E-state index in [1.54, 1.807) is 0 Å². The summed E-state index contributed by atoms with van der Waals surface area (Å²) in [4.78, 5) is 7.44. The maximum Gasteiger partial charge on any atom is 0.433 e. The molecule has 2 heterocycles. The van der Waals surface area contributed by atoms with Gasteiger partial charge in [0, 0.05) is 19.2 Å². The number of aliphatic hydroxyl groups excluding tert-OH is 1. The summed E-state index contributed by atoms with van der Waals surface area (Å²) >= 11 is 0. The second kappa shape index (κ2) is 8.30. The van der Waals surface area contributed by atoms with Crippen LogP contribution in [0.15, 0.2) is 6.07 Å². The maximum absolute atomic E-state index is 12.9. The lowest BCUT2D eigenvalue weighted by Gasteiger charge is -2.22. The molecular weight excluding hydrogens is 311 g/mol. The third-order valence-electron chi connectivity index (χ3n) is 3.73. The molecule has 0 saturated carbocycles. The molecule has 4 N–H and O–H groups in total. The highest BCUT2D eigenvalue weighted by molar-refractivity contribution is 5.43. The monoisotopic (exact) mass is 333 g/mol. The molecule has 1 aliphatic heterocycles. The first kappa shape index (κ1) is 17.7. The third-order valence-corrected chi connectivity index (χ3v) is 3.73. The molecule has 0 spiro atoms. The number of nitrogens with one attached hydrogen (secondary N) is 3. The normalized spacial score (nSPS) is 16.3. The van der Waals surface area contributed by atoms with Crippen LogP contribution in [0, 0.1) is 5.92 Å². The van der Waals surface area contributed by atoms with Gasteiger partial charge in [-0.05, 0) is 38.3 Å².